The van der Waals surface area contributed by atoms with E-state index in [0.29, 0.717) is 27.7 Å². The number of rotatable bonds is 6. The van der Waals surface area contributed by atoms with Crippen molar-refractivity contribution in [2.45, 2.75) is 30.7 Å². The van der Waals surface area contributed by atoms with E-state index in [1.54, 1.807) is 6.07 Å². The largest absolute Gasteiger partial charge is 0.315 e. The van der Waals surface area contributed by atoms with Gasteiger partial charge in [-0.25, -0.2) is 13.1 Å². The smallest absolute Gasteiger partial charge is 0.242 e. The topological polar surface area (TPSA) is 58.2 Å². The molecule has 1 fully saturated rings. The summed E-state index contributed by atoms with van der Waals surface area (Å²) in [6.45, 7) is 1.24. The first kappa shape index (κ1) is 14.5. The summed E-state index contributed by atoms with van der Waals surface area (Å²) in [6.07, 6.45) is 3.50. The average molecular weight is 353 g/mol. The molecule has 0 amide bonds. The van der Waals surface area contributed by atoms with Gasteiger partial charge in [-0.2, -0.15) is 0 Å². The van der Waals surface area contributed by atoms with Gasteiger partial charge in [0.2, 0.25) is 10.0 Å². The highest BCUT2D eigenvalue weighted by atomic mass is 79.9. The van der Waals surface area contributed by atoms with Gasteiger partial charge in [0.05, 0.1) is 3.79 Å². The van der Waals surface area contributed by atoms with Crippen LogP contribution in [-0.4, -0.2) is 22.0 Å². The molecule has 1 aliphatic rings. The lowest BCUT2D eigenvalue weighted by atomic mass is 9.86. The monoisotopic (exact) mass is 352 g/mol. The molecular formula is C11H17BrN2O2S2. The summed E-state index contributed by atoms with van der Waals surface area (Å²) in [7, 11) is -1.53. The number of sulfonamides is 1. The molecule has 1 aromatic rings. The molecule has 0 radical (unpaired) electrons. The molecule has 1 aromatic heterocycles. The number of thiophene rings is 1. The van der Waals surface area contributed by atoms with Crippen LogP contribution in [-0.2, 0) is 16.6 Å². The zero-order valence-corrected chi connectivity index (χ0v) is 13.4. The molecule has 0 saturated heterocycles. The predicted molar refractivity (Wildman–Crippen MR) is 77.3 cm³/mol. The molecule has 0 aliphatic heterocycles. The third kappa shape index (κ3) is 3.33. The maximum absolute atomic E-state index is 12.2. The Morgan fingerprint density at radius 3 is 2.78 bits per heavy atom. The van der Waals surface area contributed by atoms with Gasteiger partial charge in [0.25, 0.3) is 0 Å². The van der Waals surface area contributed by atoms with Crippen LogP contribution in [0.4, 0.5) is 0 Å². The van der Waals surface area contributed by atoms with E-state index in [-0.39, 0.29) is 0 Å². The fourth-order valence-corrected chi connectivity index (χ4v) is 5.65. The van der Waals surface area contributed by atoms with Crippen LogP contribution < -0.4 is 10.0 Å². The molecule has 2 N–H and O–H groups in total. The zero-order chi connectivity index (χ0) is 13.2. The van der Waals surface area contributed by atoms with Crippen LogP contribution in [0.25, 0.3) is 0 Å². The normalized spacial score (nSPS) is 16.8. The van der Waals surface area contributed by atoms with Crippen molar-refractivity contribution in [3.05, 3.63) is 14.7 Å². The number of halogens is 1. The van der Waals surface area contributed by atoms with Gasteiger partial charge < -0.3 is 5.32 Å². The summed E-state index contributed by atoms with van der Waals surface area (Å²) in [6, 6.07) is 1.73. The summed E-state index contributed by atoms with van der Waals surface area (Å²) < 4.78 is 27.7. The first-order chi connectivity index (χ1) is 8.53. The SMILES string of the molecule is CNCc1cc(S(=O)(=O)NCC2CCC2)c(Br)s1. The second-order valence-electron chi connectivity index (χ2n) is 4.53. The van der Waals surface area contributed by atoms with Crippen molar-refractivity contribution in [2.75, 3.05) is 13.6 Å². The van der Waals surface area contributed by atoms with Gasteiger partial charge in [0.15, 0.2) is 0 Å². The molecule has 0 bridgehead atoms. The number of hydrogen-bond acceptors (Lipinski definition) is 4. The molecule has 0 unspecified atom stereocenters. The van der Waals surface area contributed by atoms with Crippen molar-refractivity contribution < 1.29 is 8.42 Å². The van der Waals surface area contributed by atoms with E-state index in [2.05, 4.69) is 26.0 Å². The highest BCUT2D eigenvalue weighted by Gasteiger charge is 2.24. The molecule has 102 valence electrons. The van der Waals surface area contributed by atoms with Crippen molar-refractivity contribution in [1.82, 2.24) is 10.0 Å². The predicted octanol–water partition coefficient (Wildman–Crippen LogP) is 2.31. The Hall–Kier alpha value is 0.0500. The lowest BCUT2D eigenvalue weighted by molar-refractivity contribution is 0.316. The molecule has 1 aliphatic carbocycles. The van der Waals surface area contributed by atoms with Crippen LogP contribution in [0.3, 0.4) is 0 Å². The Kier molecular flexibility index (Phi) is 4.82. The second kappa shape index (κ2) is 6.00. The van der Waals surface area contributed by atoms with Crippen LogP contribution in [0.2, 0.25) is 0 Å². The maximum Gasteiger partial charge on any atom is 0.242 e. The van der Waals surface area contributed by atoms with Crippen molar-refractivity contribution in [3.8, 4) is 0 Å². The summed E-state index contributed by atoms with van der Waals surface area (Å²) in [5.74, 6) is 0.522. The van der Waals surface area contributed by atoms with Crippen molar-refractivity contribution in [1.29, 1.82) is 0 Å². The number of nitrogens with one attached hydrogen (secondary N) is 2. The van der Waals surface area contributed by atoms with E-state index in [9.17, 15) is 8.42 Å². The van der Waals surface area contributed by atoms with Crippen molar-refractivity contribution in [3.63, 3.8) is 0 Å². The van der Waals surface area contributed by atoms with Gasteiger partial charge in [-0.3, -0.25) is 0 Å². The molecule has 7 heteroatoms. The highest BCUT2D eigenvalue weighted by molar-refractivity contribution is 9.11. The van der Waals surface area contributed by atoms with Gasteiger partial charge in [-0.15, -0.1) is 11.3 Å². The maximum atomic E-state index is 12.2. The van der Waals surface area contributed by atoms with Gasteiger partial charge in [0.1, 0.15) is 4.90 Å². The summed E-state index contributed by atoms with van der Waals surface area (Å²) in [4.78, 5) is 1.37. The molecule has 2 rings (SSSR count). The van der Waals surface area contributed by atoms with Gasteiger partial charge >= 0.3 is 0 Å². The molecule has 1 saturated carbocycles. The second-order valence-corrected chi connectivity index (χ2v) is 8.72. The van der Waals surface area contributed by atoms with E-state index >= 15 is 0 Å². The Bertz CT molecular complexity index is 509. The highest BCUT2D eigenvalue weighted by Crippen LogP contribution is 2.32. The fourth-order valence-electron chi connectivity index (χ4n) is 1.84. The lowest BCUT2D eigenvalue weighted by Crippen LogP contribution is -2.32. The average Bonchev–Trinajstić information content (AvgIpc) is 2.58. The van der Waals surface area contributed by atoms with Gasteiger partial charge in [-0.1, -0.05) is 6.42 Å². The Morgan fingerprint density at radius 1 is 1.50 bits per heavy atom. The molecule has 0 atom stereocenters. The molecule has 18 heavy (non-hydrogen) atoms. The van der Waals surface area contributed by atoms with E-state index in [1.807, 2.05) is 7.05 Å². The quantitative estimate of drug-likeness (QED) is 0.825. The molecule has 1 heterocycles. The zero-order valence-electron chi connectivity index (χ0n) is 10.2. The Balaban J connectivity index is 2.07. The summed E-state index contributed by atoms with van der Waals surface area (Å²) >= 11 is 4.79. The van der Waals surface area contributed by atoms with E-state index < -0.39 is 10.0 Å². The minimum Gasteiger partial charge on any atom is -0.315 e. The van der Waals surface area contributed by atoms with E-state index in [1.165, 1.54) is 17.8 Å². The molecule has 0 spiro atoms. The number of hydrogen-bond donors (Lipinski definition) is 2. The third-order valence-electron chi connectivity index (χ3n) is 3.13. The van der Waals surface area contributed by atoms with Crippen LogP contribution in [0.15, 0.2) is 14.7 Å². The van der Waals surface area contributed by atoms with Crippen LogP contribution in [0, 0.1) is 5.92 Å². The standard InChI is InChI=1S/C11H17BrN2O2S2/c1-13-7-9-5-10(11(12)17-9)18(15,16)14-6-8-3-2-4-8/h5,8,13-14H,2-4,6-7H2,1H3. The lowest BCUT2D eigenvalue weighted by Gasteiger charge is -2.25. The van der Waals surface area contributed by atoms with Crippen LogP contribution >= 0.6 is 27.3 Å². The molecule has 4 nitrogen and oxygen atoms in total. The van der Waals surface area contributed by atoms with E-state index in [4.69, 9.17) is 0 Å². The van der Waals surface area contributed by atoms with Gasteiger partial charge in [-0.05, 0) is 47.8 Å². The van der Waals surface area contributed by atoms with Gasteiger partial charge in [0, 0.05) is 18.0 Å². The Morgan fingerprint density at radius 2 is 2.22 bits per heavy atom. The summed E-state index contributed by atoms with van der Waals surface area (Å²) in [5.41, 5.74) is 0. The molecule has 0 aromatic carbocycles. The summed E-state index contributed by atoms with van der Waals surface area (Å²) in [5, 5.41) is 3.02. The first-order valence-corrected chi connectivity index (χ1v) is 9.04. The van der Waals surface area contributed by atoms with E-state index in [0.717, 1.165) is 17.7 Å². The molecular weight excluding hydrogens is 336 g/mol. The van der Waals surface area contributed by atoms with Crippen molar-refractivity contribution in [2.24, 2.45) is 5.92 Å². The Labute approximate surface area is 120 Å². The minimum absolute atomic E-state index is 0.358. The van der Waals surface area contributed by atoms with Crippen LogP contribution in [0.5, 0.6) is 0 Å². The minimum atomic E-state index is -3.37. The van der Waals surface area contributed by atoms with Crippen molar-refractivity contribution >= 4 is 37.3 Å². The van der Waals surface area contributed by atoms with Crippen LogP contribution in [0.1, 0.15) is 24.1 Å². The fraction of sp³-hybridized carbons (Fsp3) is 0.636. The first-order valence-electron chi connectivity index (χ1n) is 5.95. The third-order valence-corrected chi connectivity index (χ3v) is 6.81.